The number of nitrogens with two attached hydrogens (primary N) is 1. The molecule has 0 aliphatic rings. The smallest absolute Gasteiger partial charge is 0.129 e. The average molecular weight is 324 g/mol. The van der Waals surface area contributed by atoms with E-state index in [4.69, 9.17) is 5.73 Å². The van der Waals surface area contributed by atoms with E-state index < -0.39 is 11.9 Å². The summed E-state index contributed by atoms with van der Waals surface area (Å²) in [5.41, 5.74) is 6.91. The van der Waals surface area contributed by atoms with Crippen molar-refractivity contribution in [2.24, 2.45) is 5.73 Å². The Morgan fingerprint density at radius 2 is 1.74 bits per heavy atom. The van der Waals surface area contributed by atoms with Crippen LogP contribution in [0.1, 0.15) is 23.1 Å². The number of aliphatic hydroxyl groups excluding tert-OH is 1. The molecule has 3 N–H and O–H groups in total. The molecule has 0 heterocycles. The van der Waals surface area contributed by atoms with E-state index in [0.29, 0.717) is 0 Å². The monoisotopic (exact) mass is 323 g/mol. The molecule has 0 saturated carbocycles. The molecular formula is C15H15BrFNO. The van der Waals surface area contributed by atoms with Crippen molar-refractivity contribution in [3.8, 4) is 0 Å². The predicted molar refractivity (Wildman–Crippen MR) is 77.3 cm³/mol. The SMILES string of the molecule is NCC(c1ccc(Br)cc1)C(O)c1ccccc1F. The van der Waals surface area contributed by atoms with Crippen LogP contribution in [0, 0.1) is 5.82 Å². The van der Waals surface area contributed by atoms with E-state index in [1.165, 1.54) is 6.07 Å². The molecule has 0 aliphatic carbocycles. The van der Waals surface area contributed by atoms with Gasteiger partial charge in [-0.1, -0.05) is 46.3 Å². The van der Waals surface area contributed by atoms with E-state index in [2.05, 4.69) is 15.9 Å². The maximum Gasteiger partial charge on any atom is 0.129 e. The molecule has 0 aliphatic heterocycles. The van der Waals surface area contributed by atoms with Crippen LogP contribution in [0.4, 0.5) is 4.39 Å². The van der Waals surface area contributed by atoms with E-state index in [0.717, 1.165) is 10.0 Å². The highest BCUT2D eigenvalue weighted by molar-refractivity contribution is 9.10. The first-order valence-corrected chi connectivity index (χ1v) is 6.81. The van der Waals surface area contributed by atoms with Crippen LogP contribution < -0.4 is 5.73 Å². The first-order chi connectivity index (χ1) is 9.13. The van der Waals surface area contributed by atoms with Gasteiger partial charge in [-0.2, -0.15) is 0 Å². The molecule has 0 bridgehead atoms. The Balaban J connectivity index is 2.32. The second-order valence-electron chi connectivity index (χ2n) is 4.36. The fraction of sp³-hybridized carbons (Fsp3) is 0.200. The van der Waals surface area contributed by atoms with Crippen molar-refractivity contribution in [3.05, 3.63) is 69.9 Å². The van der Waals surface area contributed by atoms with Gasteiger partial charge in [0.2, 0.25) is 0 Å². The van der Waals surface area contributed by atoms with E-state index >= 15 is 0 Å². The topological polar surface area (TPSA) is 46.2 Å². The number of benzene rings is 2. The lowest BCUT2D eigenvalue weighted by molar-refractivity contribution is 0.143. The molecule has 2 aromatic carbocycles. The van der Waals surface area contributed by atoms with E-state index in [1.54, 1.807) is 18.2 Å². The third-order valence-electron chi connectivity index (χ3n) is 3.16. The molecule has 0 amide bonds. The van der Waals surface area contributed by atoms with Crippen LogP contribution in [-0.4, -0.2) is 11.7 Å². The molecule has 0 aromatic heterocycles. The molecule has 2 nitrogen and oxygen atoms in total. The van der Waals surface area contributed by atoms with Gasteiger partial charge in [-0.25, -0.2) is 4.39 Å². The standard InChI is InChI=1S/C15H15BrFNO/c16-11-7-5-10(6-8-11)13(9-18)15(19)12-3-1-2-4-14(12)17/h1-8,13,15,19H,9,18H2. The lowest BCUT2D eigenvalue weighted by Gasteiger charge is -2.22. The third-order valence-corrected chi connectivity index (χ3v) is 3.69. The van der Waals surface area contributed by atoms with Crippen molar-refractivity contribution in [2.45, 2.75) is 12.0 Å². The van der Waals surface area contributed by atoms with Crippen molar-refractivity contribution < 1.29 is 9.50 Å². The molecule has 19 heavy (non-hydrogen) atoms. The maximum absolute atomic E-state index is 13.7. The number of halogens is 2. The summed E-state index contributed by atoms with van der Waals surface area (Å²) in [5.74, 6) is -0.740. The van der Waals surface area contributed by atoms with E-state index in [1.807, 2.05) is 24.3 Å². The highest BCUT2D eigenvalue weighted by atomic mass is 79.9. The highest BCUT2D eigenvalue weighted by Crippen LogP contribution is 2.32. The largest absolute Gasteiger partial charge is 0.388 e. The molecule has 2 aromatic rings. The van der Waals surface area contributed by atoms with Crippen LogP contribution in [0.2, 0.25) is 0 Å². The summed E-state index contributed by atoms with van der Waals surface area (Å²) < 4.78 is 14.7. The highest BCUT2D eigenvalue weighted by Gasteiger charge is 2.23. The van der Waals surface area contributed by atoms with Crippen LogP contribution in [0.25, 0.3) is 0 Å². The Kier molecular flexibility index (Phi) is 4.69. The van der Waals surface area contributed by atoms with Gasteiger partial charge in [0.05, 0.1) is 6.10 Å². The van der Waals surface area contributed by atoms with Crippen LogP contribution in [0.3, 0.4) is 0 Å². The fourth-order valence-corrected chi connectivity index (χ4v) is 2.35. The van der Waals surface area contributed by atoms with Crippen LogP contribution in [0.5, 0.6) is 0 Å². The molecule has 100 valence electrons. The Hall–Kier alpha value is -1.23. The maximum atomic E-state index is 13.7. The van der Waals surface area contributed by atoms with Gasteiger partial charge >= 0.3 is 0 Å². The molecule has 0 spiro atoms. The number of hydrogen-bond donors (Lipinski definition) is 2. The fourth-order valence-electron chi connectivity index (χ4n) is 2.09. The van der Waals surface area contributed by atoms with Gasteiger partial charge in [-0.3, -0.25) is 0 Å². The zero-order chi connectivity index (χ0) is 13.8. The first kappa shape index (κ1) is 14.2. The van der Waals surface area contributed by atoms with E-state index in [9.17, 15) is 9.50 Å². The Morgan fingerprint density at radius 1 is 1.11 bits per heavy atom. The Bertz CT molecular complexity index is 544. The van der Waals surface area contributed by atoms with Crippen molar-refractivity contribution >= 4 is 15.9 Å². The van der Waals surface area contributed by atoms with Gasteiger partial charge in [0.15, 0.2) is 0 Å². The Labute approximate surface area is 120 Å². The van der Waals surface area contributed by atoms with Gasteiger partial charge in [0.1, 0.15) is 5.82 Å². The second-order valence-corrected chi connectivity index (χ2v) is 5.28. The minimum Gasteiger partial charge on any atom is -0.388 e. The van der Waals surface area contributed by atoms with Crippen LogP contribution in [0.15, 0.2) is 53.0 Å². The van der Waals surface area contributed by atoms with Gasteiger partial charge in [0.25, 0.3) is 0 Å². The van der Waals surface area contributed by atoms with Crippen molar-refractivity contribution in [1.82, 2.24) is 0 Å². The van der Waals surface area contributed by atoms with Crippen LogP contribution >= 0.6 is 15.9 Å². The quantitative estimate of drug-likeness (QED) is 0.906. The molecule has 2 rings (SSSR count). The second kappa shape index (κ2) is 6.28. The summed E-state index contributed by atoms with van der Waals surface area (Å²) >= 11 is 3.36. The molecule has 0 radical (unpaired) electrons. The molecule has 2 unspecified atom stereocenters. The molecule has 0 saturated heterocycles. The zero-order valence-corrected chi connectivity index (χ0v) is 11.8. The molecular weight excluding hydrogens is 309 g/mol. The van der Waals surface area contributed by atoms with Crippen molar-refractivity contribution in [3.63, 3.8) is 0 Å². The predicted octanol–water partition coefficient (Wildman–Crippen LogP) is 3.36. The summed E-state index contributed by atoms with van der Waals surface area (Å²) in [6, 6.07) is 13.8. The summed E-state index contributed by atoms with van der Waals surface area (Å²) in [5, 5.41) is 10.4. The Morgan fingerprint density at radius 3 is 2.32 bits per heavy atom. The number of hydrogen-bond acceptors (Lipinski definition) is 2. The van der Waals surface area contributed by atoms with Crippen molar-refractivity contribution in [1.29, 1.82) is 0 Å². The number of rotatable bonds is 4. The molecule has 0 fully saturated rings. The first-order valence-electron chi connectivity index (χ1n) is 6.01. The zero-order valence-electron chi connectivity index (χ0n) is 10.3. The van der Waals surface area contributed by atoms with Crippen LogP contribution in [-0.2, 0) is 0 Å². The van der Waals surface area contributed by atoms with Gasteiger partial charge in [-0.05, 0) is 23.8 Å². The minimum absolute atomic E-state index is 0.247. The summed E-state index contributed by atoms with van der Waals surface area (Å²) in [4.78, 5) is 0. The molecule has 4 heteroatoms. The lowest BCUT2D eigenvalue weighted by Crippen LogP contribution is -2.20. The van der Waals surface area contributed by atoms with Gasteiger partial charge in [-0.15, -0.1) is 0 Å². The number of aliphatic hydroxyl groups is 1. The van der Waals surface area contributed by atoms with Gasteiger partial charge in [0, 0.05) is 22.5 Å². The third kappa shape index (κ3) is 3.21. The normalized spacial score (nSPS) is 14.1. The summed E-state index contributed by atoms with van der Waals surface area (Å²) in [6.07, 6.45) is -0.952. The average Bonchev–Trinajstić information content (AvgIpc) is 2.42. The minimum atomic E-state index is -0.952. The van der Waals surface area contributed by atoms with Crippen molar-refractivity contribution in [2.75, 3.05) is 6.54 Å². The van der Waals surface area contributed by atoms with E-state index in [-0.39, 0.29) is 18.0 Å². The van der Waals surface area contributed by atoms with Gasteiger partial charge < -0.3 is 10.8 Å². The lowest BCUT2D eigenvalue weighted by atomic mass is 9.89. The molecule has 2 atom stereocenters. The summed E-state index contributed by atoms with van der Waals surface area (Å²) in [6.45, 7) is 0.247. The summed E-state index contributed by atoms with van der Waals surface area (Å²) in [7, 11) is 0.